The summed E-state index contributed by atoms with van der Waals surface area (Å²) in [5.41, 5.74) is 1.99. The zero-order valence-corrected chi connectivity index (χ0v) is 23.4. The van der Waals surface area contributed by atoms with Crippen LogP contribution >= 0.6 is 34.4 Å². The standard InChI is InChI=1S/C28H24FN5O2S3/c1-17(35)34-11-7-18(8-12-34)23-16-38-28(32-23)33-27-24(36-20-4-2-19(29)3-5-20)14-21(15-31-27)39-25-6-10-30-22-9-13-37-26(22)25/h2-6,9-10,13-16,18H,7-8,11-12H2,1H3,(H,31,32,33). The molecule has 0 radical (unpaired) electrons. The van der Waals surface area contributed by atoms with Gasteiger partial charge >= 0.3 is 0 Å². The SMILES string of the molecule is CC(=O)N1CCC(c2csc(Nc3ncc(Sc4ccnc5ccsc45)cc3Oc3ccc(F)cc3)n2)CC1. The van der Waals surface area contributed by atoms with Crippen molar-refractivity contribution in [2.75, 3.05) is 18.4 Å². The highest BCUT2D eigenvalue weighted by molar-refractivity contribution is 7.99. The van der Waals surface area contributed by atoms with Gasteiger partial charge in [0.15, 0.2) is 16.7 Å². The van der Waals surface area contributed by atoms with Gasteiger partial charge in [0, 0.05) is 59.6 Å². The average Bonchev–Trinajstić information content (AvgIpc) is 3.62. The molecule has 4 aromatic heterocycles. The number of aromatic nitrogens is 3. The predicted octanol–water partition coefficient (Wildman–Crippen LogP) is 7.70. The summed E-state index contributed by atoms with van der Waals surface area (Å²) in [5, 5.41) is 8.14. The number of thiazole rings is 1. The van der Waals surface area contributed by atoms with Crippen LogP contribution in [0.1, 0.15) is 31.4 Å². The van der Waals surface area contributed by atoms with E-state index in [1.165, 1.54) is 23.5 Å². The van der Waals surface area contributed by atoms with Gasteiger partial charge in [-0.15, -0.1) is 22.7 Å². The lowest BCUT2D eigenvalue weighted by Gasteiger charge is -2.30. The predicted molar refractivity (Wildman–Crippen MR) is 154 cm³/mol. The molecule has 0 unspecified atom stereocenters. The Morgan fingerprint density at radius 3 is 2.74 bits per heavy atom. The van der Waals surface area contributed by atoms with Gasteiger partial charge in [0.1, 0.15) is 11.6 Å². The molecular formula is C28H24FN5O2S3. The van der Waals surface area contributed by atoms with E-state index in [0.29, 0.717) is 28.4 Å². The molecule has 1 aliphatic rings. The van der Waals surface area contributed by atoms with Gasteiger partial charge in [0.05, 0.1) is 15.9 Å². The number of nitrogens with zero attached hydrogens (tertiary/aromatic N) is 4. The Morgan fingerprint density at radius 2 is 1.95 bits per heavy atom. The minimum atomic E-state index is -0.328. The van der Waals surface area contributed by atoms with Crippen molar-refractivity contribution < 1.29 is 13.9 Å². The first-order valence-electron chi connectivity index (χ1n) is 12.4. The fraction of sp³-hybridized carbons (Fsp3) is 0.214. The van der Waals surface area contributed by atoms with Crippen LogP contribution in [-0.2, 0) is 4.79 Å². The maximum absolute atomic E-state index is 13.5. The van der Waals surface area contributed by atoms with Crippen LogP contribution in [-0.4, -0.2) is 38.8 Å². The summed E-state index contributed by atoms with van der Waals surface area (Å²) >= 11 is 4.75. The van der Waals surface area contributed by atoms with Crippen LogP contribution in [0, 0.1) is 5.82 Å². The summed E-state index contributed by atoms with van der Waals surface area (Å²) in [4.78, 5) is 29.5. The van der Waals surface area contributed by atoms with Gasteiger partial charge in [0.25, 0.3) is 0 Å². The Bertz CT molecular complexity index is 1610. The highest BCUT2D eigenvalue weighted by Crippen LogP contribution is 2.40. The average molecular weight is 578 g/mol. The zero-order valence-electron chi connectivity index (χ0n) is 21.0. The Balaban J connectivity index is 1.25. The van der Waals surface area contributed by atoms with Crippen molar-refractivity contribution in [3.05, 3.63) is 77.1 Å². The second kappa shape index (κ2) is 11.3. The largest absolute Gasteiger partial charge is 0.453 e. The summed E-state index contributed by atoms with van der Waals surface area (Å²) in [7, 11) is 0. The van der Waals surface area contributed by atoms with E-state index in [4.69, 9.17) is 9.72 Å². The van der Waals surface area contributed by atoms with Gasteiger partial charge in [0.2, 0.25) is 5.91 Å². The van der Waals surface area contributed by atoms with Crippen molar-refractivity contribution in [1.82, 2.24) is 19.9 Å². The number of hydrogen-bond acceptors (Lipinski definition) is 9. The van der Waals surface area contributed by atoms with E-state index in [2.05, 4.69) is 20.7 Å². The minimum Gasteiger partial charge on any atom is -0.453 e. The number of pyridine rings is 2. The number of amides is 1. The maximum atomic E-state index is 13.5. The van der Waals surface area contributed by atoms with E-state index >= 15 is 0 Å². The molecule has 1 saturated heterocycles. The van der Waals surface area contributed by atoms with Crippen LogP contribution in [0.3, 0.4) is 0 Å². The third kappa shape index (κ3) is 5.90. The van der Waals surface area contributed by atoms with E-state index in [1.807, 2.05) is 28.5 Å². The number of anilines is 2. The maximum Gasteiger partial charge on any atom is 0.219 e. The molecule has 0 bridgehead atoms. The van der Waals surface area contributed by atoms with Crippen molar-refractivity contribution in [1.29, 1.82) is 0 Å². The van der Waals surface area contributed by atoms with Crippen molar-refractivity contribution in [3.8, 4) is 11.5 Å². The molecule has 11 heteroatoms. The van der Waals surface area contributed by atoms with Crippen molar-refractivity contribution in [2.45, 2.75) is 35.5 Å². The number of benzene rings is 1. The van der Waals surface area contributed by atoms with E-state index in [-0.39, 0.29) is 11.7 Å². The Hall–Kier alpha value is -3.54. The minimum absolute atomic E-state index is 0.124. The molecule has 5 aromatic rings. The van der Waals surface area contributed by atoms with Crippen LogP contribution in [0.15, 0.2) is 75.4 Å². The Morgan fingerprint density at radius 1 is 1.13 bits per heavy atom. The first-order chi connectivity index (χ1) is 19.0. The lowest BCUT2D eigenvalue weighted by atomic mass is 9.94. The van der Waals surface area contributed by atoms with Crippen molar-refractivity contribution >= 4 is 61.5 Å². The van der Waals surface area contributed by atoms with Crippen molar-refractivity contribution in [2.24, 2.45) is 0 Å². The van der Waals surface area contributed by atoms with Crippen LogP contribution in [0.25, 0.3) is 10.2 Å². The quantitative estimate of drug-likeness (QED) is 0.212. The Kier molecular flexibility index (Phi) is 7.45. The lowest BCUT2D eigenvalue weighted by Crippen LogP contribution is -2.36. The van der Waals surface area contributed by atoms with Gasteiger partial charge in [-0.3, -0.25) is 9.78 Å². The smallest absolute Gasteiger partial charge is 0.219 e. The van der Waals surface area contributed by atoms with E-state index in [1.54, 1.807) is 54.5 Å². The molecule has 0 aliphatic carbocycles. The van der Waals surface area contributed by atoms with Crippen LogP contribution in [0.2, 0.25) is 0 Å². The van der Waals surface area contributed by atoms with E-state index in [9.17, 15) is 9.18 Å². The number of carbonyl (C=O) groups excluding carboxylic acids is 1. The normalized spacial score (nSPS) is 14.1. The fourth-order valence-corrected chi connectivity index (χ4v) is 7.13. The molecule has 198 valence electrons. The van der Waals surface area contributed by atoms with Gasteiger partial charge < -0.3 is 15.0 Å². The molecule has 1 fully saturated rings. The van der Waals surface area contributed by atoms with Crippen LogP contribution < -0.4 is 10.1 Å². The topological polar surface area (TPSA) is 80.2 Å². The number of likely N-dealkylation sites (tertiary alicyclic amines) is 1. The number of fused-ring (bicyclic) bond motifs is 1. The highest BCUT2D eigenvalue weighted by Gasteiger charge is 2.24. The number of hydrogen-bond donors (Lipinski definition) is 1. The molecule has 0 atom stereocenters. The van der Waals surface area contributed by atoms with Crippen LogP contribution in [0.5, 0.6) is 11.5 Å². The molecule has 7 nitrogen and oxygen atoms in total. The summed E-state index contributed by atoms with van der Waals surface area (Å²) in [6, 6.07) is 11.8. The molecule has 5 heterocycles. The van der Waals surface area contributed by atoms with Gasteiger partial charge in [-0.25, -0.2) is 14.4 Å². The highest BCUT2D eigenvalue weighted by atomic mass is 32.2. The summed E-state index contributed by atoms with van der Waals surface area (Å²) < 4.78 is 20.8. The fourth-order valence-electron chi connectivity index (χ4n) is 4.46. The second-order valence-corrected chi connectivity index (χ2v) is 12.0. The molecule has 39 heavy (non-hydrogen) atoms. The monoisotopic (exact) mass is 577 g/mol. The van der Waals surface area contributed by atoms with Crippen molar-refractivity contribution in [3.63, 3.8) is 0 Å². The number of piperidine rings is 1. The molecular weight excluding hydrogens is 554 g/mol. The third-order valence-electron chi connectivity index (χ3n) is 6.51. The number of thiophene rings is 1. The molecule has 1 amide bonds. The van der Waals surface area contributed by atoms with Gasteiger partial charge in [-0.1, -0.05) is 11.8 Å². The van der Waals surface area contributed by atoms with Gasteiger partial charge in [-0.05, 0) is 54.6 Å². The van der Waals surface area contributed by atoms with E-state index in [0.717, 1.165) is 51.6 Å². The number of carbonyl (C=O) groups is 1. The number of ether oxygens (including phenoxy) is 1. The zero-order chi connectivity index (χ0) is 26.8. The molecule has 1 aliphatic heterocycles. The summed E-state index contributed by atoms with van der Waals surface area (Å²) in [6.45, 7) is 3.13. The Labute approximate surface area is 237 Å². The molecule has 0 spiro atoms. The number of rotatable bonds is 7. The first kappa shape index (κ1) is 25.7. The molecule has 6 rings (SSSR count). The van der Waals surface area contributed by atoms with Gasteiger partial charge in [-0.2, -0.15) is 0 Å². The third-order valence-corrected chi connectivity index (χ3v) is 9.37. The summed E-state index contributed by atoms with van der Waals surface area (Å²) in [6.07, 6.45) is 5.41. The molecule has 1 N–H and O–H groups in total. The van der Waals surface area contributed by atoms with Crippen LogP contribution in [0.4, 0.5) is 15.3 Å². The number of halogens is 1. The second-order valence-electron chi connectivity index (χ2n) is 9.10. The first-order valence-corrected chi connectivity index (χ1v) is 15.0. The molecule has 1 aromatic carbocycles. The lowest BCUT2D eigenvalue weighted by molar-refractivity contribution is -0.129. The molecule has 0 saturated carbocycles. The summed E-state index contributed by atoms with van der Waals surface area (Å²) in [5.74, 6) is 1.65. The number of nitrogens with one attached hydrogen (secondary N) is 1. The van der Waals surface area contributed by atoms with E-state index < -0.39 is 0 Å².